The third-order valence-electron chi connectivity index (χ3n) is 5.70. The smallest absolute Gasteiger partial charge is 0.447 e. The number of hydrogen-bond acceptors (Lipinski definition) is 7. The number of fused-ring (bicyclic) bond motifs is 1. The van der Waals surface area contributed by atoms with Gasteiger partial charge in [-0.3, -0.25) is 9.84 Å². The van der Waals surface area contributed by atoms with E-state index in [4.69, 9.17) is 30.9 Å². The van der Waals surface area contributed by atoms with Crippen molar-refractivity contribution in [3.8, 4) is 0 Å². The Morgan fingerprint density at radius 1 is 1.14 bits per heavy atom. The van der Waals surface area contributed by atoms with Gasteiger partial charge in [-0.15, -0.1) is 0 Å². The van der Waals surface area contributed by atoms with Crippen LogP contribution in [0.4, 0.5) is 24.2 Å². The molecule has 42 heavy (non-hydrogen) atoms. The number of amides is 3. The van der Waals surface area contributed by atoms with Crippen molar-refractivity contribution in [1.82, 2.24) is 15.2 Å². The van der Waals surface area contributed by atoms with Crippen molar-refractivity contribution in [1.29, 1.82) is 0 Å². The van der Waals surface area contributed by atoms with Gasteiger partial charge in [0.2, 0.25) is 0 Å². The fourth-order valence-corrected chi connectivity index (χ4v) is 4.01. The number of carbonyl (C=O) groups is 2. The Kier molecular flexibility index (Phi) is 11.7. The molecule has 2 aromatic carbocycles. The van der Waals surface area contributed by atoms with Crippen molar-refractivity contribution in [2.24, 2.45) is 0 Å². The number of urea groups is 1. The Morgan fingerprint density at radius 3 is 2.64 bits per heavy atom. The van der Waals surface area contributed by atoms with E-state index in [-0.39, 0.29) is 42.8 Å². The highest BCUT2D eigenvalue weighted by molar-refractivity contribution is 7.46. The van der Waals surface area contributed by atoms with Crippen molar-refractivity contribution in [2.75, 3.05) is 38.8 Å². The van der Waals surface area contributed by atoms with Crippen molar-refractivity contribution in [3.05, 3.63) is 83.0 Å². The first-order chi connectivity index (χ1) is 19.8. The van der Waals surface area contributed by atoms with Gasteiger partial charge in [0, 0.05) is 25.2 Å². The van der Waals surface area contributed by atoms with E-state index in [1.807, 2.05) is 0 Å². The van der Waals surface area contributed by atoms with E-state index in [9.17, 15) is 22.9 Å². The van der Waals surface area contributed by atoms with Gasteiger partial charge < -0.3 is 29.5 Å². The lowest BCUT2D eigenvalue weighted by Gasteiger charge is -2.28. The number of phosphoric acid groups is 1. The first-order valence-electron chi connectivity index (χ1n) is 12.2. The van der Waals surface area contributed by atoms with E-state index in [1.165, 1.54) is 48.5 Å². The molecule has 16 heteroatoms. The molecular formula is C26H28ClF2N4O8P. The second kappa shape index (κ2) is 15.0. The molecular weight excluding hydrogens is 601 g/mol. The van der Waals surface area contributed by atoms with Crippen LogP contribution in [0.1, 0.15) is 5.56 Å². The van der Waals surface area contributed by atoms with Crippen molar-refractivity contribution >= 4 is 48.1 Å². The molecule has 0 aliphatic rings. The molecule has 3 aromatic rings. The Morgan fingerprint density at radius 2 is 1.90 bits per heavy atom. The molecule has 1 atom stereocenters. The number of rotatable bonds is 13. The minimum absolute atomic E-state index is 0.0978. The number of carbonyl (C=O) groups excluding carboxylic acids is 2. The van der Waals surface area contributed by atoms with Crippen LogP contribution in [-0.2, 0) is 25.1 Å². The zero-order valence-electron chi connectivity index (χ0n) is 22.3. The lowest BCUT2D eigenvalue weighted by molar-refractivity contribution is 0.0533. The van der Waals surface area contributed by atoms with E-state index in [2.05, 4.69) is 26.7 Å². The summed E-state index contributed by atoms with van der Waals surface area (Å²) in [7, 11) is -3.30. The first kappa shape index (κ1) is 32.9. The quantitative estimate of drug-likeness (QED) is 0.157. The normalized spacial score (nSPS) is 12.0. The molecule has 3 amide bonds. The summed E-state index contributed by atoms with van der Waals surface area (Å²) in [5.74, 6) is -0.996. The van der Waals surface area contributed by atoms with Crippen LogP contribution in [0.15, 0.2) is 60.8 Å². The highest BCUT2D eigenvalue weighted by Gasteiger charge is 2.23. The number of nitrogens with one attached hydrogen (secondary N) is 2. The van der Waals surface area contributed by atoms with Crippen LogP contribution >= 0.6 is 19.4 Å². The molecule has 0 bridgehead atoms. The summed E-state index contributed by atoms with van der Waals surface area (Å²) < 4.78 is 53.3. The number of phosphoric ester groups is 1. The van der Waals surface area contributed by atoms with Gasteiger partial charge >= 0.3 is 19.9 Å². The molecule has 0 unspecified atom stereocenters. The van der Waals surface area contributed by atoms with Gasteiger partial charge in [0.15, 0.2) is 0 Å². The molecule has 1 heterocycles. The molecule has 0 radical (unpaired) electrons. The molecule has 0 spiro atoms. The summed E-state index contributed by atoms with van der Waals surface area (Å²) in [4.78, 5) is 48.3. The number of anilines is 1. The SMILES string of the molecule is C=C(COC[C@@H](COC(=O)Nc1cc2cc(F)ccc2cn1)N(C)C(=O)NCc1cccc(F)c1Cl)COP(=O)(O)O. The molecule has 0 saturated heterocycles. The molecule has 4 N–H and O–H groups in total. The molecule has 3 rings (SSSR count). The predicted molar refractivity (Wildman–Crippen MR) is 150 cm³/mol. The number of benzene rings is 2. The molecule has 1 aromatic heterocycles. The number of nitrogens with zero attached hydrogens (tertiary/aromatic N) is 2. The van der Waals surface area contributed by atoms with E-state index < -0.39 is 44.2 Å². The van der Waals surface area contributed by atoms with Crippen LogP contribution in [-0.4, -0.2) is 71.3 Å². The number of halogens is 3. The van der Waals surface area contributed by atoms with Gasteiger partial charge in [-0.05, 0) is 46.9 Å². The molecule has 226 valence electrons. The Balaban J connectivity index is 1.61. The average Bonchev–Trinajstić information content (AvgIpc) is 2.93. The largest absolute Gasteiger partial charge is 0.469 e. The summed E-state index contributed by atoms with van der Waals surface area (Å²) in [6.45, 7) is 2.30. The standard InChI is InChI=1S/C26H28ClF2N4O8P/c1-16(13-41-42(36,37)38)12-39-14-21(33(2)25(34)31-11-18-4-3-5-22(29)24(18)27)15-40-26(35)32-23-9-19-8-20(28)7-6-17(19)10-30-23/h3-10,21H,1,11-15H2,2H3,(H,31,34)(H,30,32,35)(H2,36,37,38)/t21-/m0/s1. The Bertz CT molecular complexity index is 1490. The molecule has 0 fully saturated rings. The topological polar surface area (TPSA) is 160 Å². The minimum atomic E-state index is -4.71. The summed E-state index contributed by atoms with van der Waals surface area (Å²) in [5, 5.41) is 6.05. The number of ether oxygens (including phenoxy) is 2. The average molecular weight is 629 g/mol. The van der Waals surface area contributed by atoms with Crippen molar-refractivity contribution < 1.29 is 46.7 Å². The second-order valence-corrected chi connectivity index (χ2v) is 10.6. The van der Waals surface area contributed by atoms with Crippen molar-refractivity contribution in [3.63, 3.8) is 0 Å². The summed E-state index contributed by atoms with van der Waals surface area (Å²) in [5.41, 5.74) is 0.536. The fraction of sp³-hybridized carbons (Fsp3) is 0.269. The Labute approximate surface area is 244 Å². The van der Waals surface area contributed by atoms with Crippen LogP contribution < -0.4 is 10.6 Å². The molecule has 0 aliphatic carbocycles. The fourth-order valence-electron chi connectivity index (χ4n) is 3.47. The van der Waals surface area contributed by atoms with Gasteiger partial charge in [0.05, 0.1) is 30.9 Å². The molecule has 12 nitrogen and oxygen atoms in total. The zero-order valence-corrected chi connectivity index (χ0v) is 23.9. The number of hydrogen-bond donors (Lipinski definition) is 4. The van der Waals surface area contributed by atoms with E-state index >= 15 is 0 Å². The summed E-state index contributed by atoms with van der Waals surface area (Å²) in [6, 6.07) is 8.24. The highest BCUT2D eigenvalue weighted by atomic mass is 35.5. The van der Waals surface area contributed by atoms with Crippen LogP contribution in [0.2, 0.25) is 5.02 Å². The number of likely N-dealkylation sites (N-methyl/N-ethyl adjacent to an activating group) is 1. The summed E-state index contributed by atoms with van der Waals surface area (Å²) >= 11 is 5.95. The third-order valence-corrected chi connectivity index (χ3v) is 6.59. The van der Waals surface area contributed by atoms with Gasteiger partial charge in [-0.1, -0.05) is 30.3 Å². The maximum atomic E-state index is 13.7. The minimum Gasteiger partial charge on any atom is -0.447 e. The summed E-state index contributed by atoms with van der Waals surface area (Å²) in [6.07, 6.45) is 0.538. The predicted octanol–water partition coefficient (Wildman–Crippen LogP) is 4.61. The van der Waals surface area contributed by atoms with Gasteiger partial charge in [0.25, 0.3) is 0 Å². The van der Waals surface area contributed by atoms with Crippen LogP contribution in [0, 0.1) is 11.6 Å². The van der Waals surface area contributed by atoms with Crippen LogP contribution in [0.3, 0.4) is 0 Å². The number of aromatic nitrogens is 1. The van der Waals surface area contributed by atoms with E-state index in [1.54, 1.807) is 12.1 Å². The lowest BCUT2D eigenvalue weighted by atomic mass is 10.2. The van der Waals surface area contributed by atoms with E-state index in [0.29, 0.717) is 16.3 Å². The highest BCUT2D eigenvalue weighted by Crippen LogP contribution is 2.36. The maximum absolute atomic E-state index is 13.7. The Hall–Kier alpha value is -3.65. The monoisotopic (exact) mass is 628 g/mol. The third kappa shape index (κ3) is 10.3. The van der Waals surface area contributed by atoms with Crippen molar-refractivity contribution in [2.45, 2.75) is 12.6 Å². The maximum Gasteiger partial charge on any atom is 0.469 e. The lowest BCUT2D eigenvalue weighted by Crippen LogP contribution is -2.48. The van der Waals surface area contributed by atoms with Gasteiger partial charge in [-0.25, -0.2) is 27.9 Å². The van der Waals surface area contributed by atoms with E-state index in [0.717, 1.165) is 0 Å². The van der Waals surface area contributed by atoms with Crippen LogP contribution in [0.25, 0.3) is 10.8 Å². The molecule has 0 saturated carbocycles. The number of pyridine rings is 1. The van der Waals surface area contributed by atoms with Gasteiger partial charge in [-0.2, -0.15) is 0 Å². The van der Waals surface area contributed by atoms with Crippen LogP contribution in [0.5, 0.6) is 0 Å². The second-order valence-electron chi connectivity index (χ2n) is 8.95. The van der Waals surface area contributed by atoms with Gasteiger partial charge in [0.1, 0.15) is 24.1 Å². The zero-order chi connectivity index (χ0) is 30.9. The molecule has 0 aliphatic heterocycles. The first-order valence-corrected chi connectivity index (χ1v) is 14.1.